The van der Waals surface area contributed by atoms with Crippen LogP contribution in [-0.2, 0) is 11.3 Å². The summed E-state index contributed by atoms with van der Waals surface area (Å²) in [5.74, 6) is 0.426. The molecule has 33 heavy (non-hydrogen) atoms. The third-order valence-electron chi connectivity index (χ3n) is 8.05. The van der Waals surface area contributed by atoms with Crippen LogP contribution in [0.5, 0.6) is 11.5 Å². The molecule has 5 nitrogen and oxygen atoms in total. The first-order valence-corrected chi connectivity index (χ1v) is 12.1. The quantitative estimate of drug-likeness (QED) is 0.396. The molecule has 3 atom stereocenters. The van der Waals surface area contributed by atoms with Gasteiger partial charge in [0.2, 0.25) is 0 Å². The molecule has 0 heterocycles. The lowest BCUT2D eigenvalue weighted by molar-refractivity contribution is -0.0244. The monoisotopic (exact) mass is 511 g/mol. The summed E-state index contributed by atoms with van der Waals surface area (Å²) in [6.07, 6.45) is 3.00. The Labute approximate surface area is 209 Å². The van der Waals surface area contributed by atoms with E-state index in [4.69, 9.17) is 44.3 Å². The van der Waals surface area contributed by atoms with Crippen LogP contribution < -0.4 is 10.1 Å². The number of methoxy groups -OCH3 is 1. The molecule has 2 aliphatic rings. The molecule has 4 rings (SSSR count). The van der Waals surface area contributed by atoms with E-state index in [1.54, 1.807) is 18.2 Å². The standard InChI is InChI=1S/C25H28Cl3NO4/c1-24(2)14-5-6-25(24,3)21(8-14)33-23(31)16-10-17(27)19(11-20(16)32-4)29-12-13-7-15(26)9-18(28)22(13)30/h7,9-11,14,21,29-30H,5-6,8,12H2,1-4H3. The molecule has 8 heteroatoms. The highest BCUT2D eigenvalue weighted by atomic mass is 35.5. The van der Waals surface area contributed by atoms with Crippen molar-refractivity contribution >= 4 is 46.5 Å². The Hall–Kier alpha value is -1.82. The summed E-state index contributed by atoms with van der Waals surface area (Å²) >= 11 is 18.5. The number of benzene rings is 2. The molecule has 2 bridgehead atoms. The first-order chi connectivity index (χ1) is 15.5. The van der Waals surface area contributed by atoms with Gasteiger partial charge >= 0.3 is 5.97 Å². The molecule has 178 valence electrons. The van der Waals surface area contributed by atoms with E-state index in [-0.39, 0.29) is 39.8 Å². The van der Waals surface area contributed by atoms with E-state index in [0.29, 0.717) is 33.0 Å². The normalized spacial score (nSPS) is 25.2. The number of ether oxygens (including phenoxy) is 2. The SMILES string of the molecule is COc1cc(NCc2cc(Cl)cc(Cl)c2O)c(Cl)cc1C(=O)OC1CC2CCC1(C)C2(C)C. The molecule has 2 saturated carbocycles. The summed E-state index contributed by atoms with van der Waals surface area (Å²) in [6, 6.07) is 6.28. The number of carbonyl (C=O) groups is 1. The second-order valence-corrected chi connectivity index (χ2v) is 11.0. The average Bonchev–Trinajstić information content (AvgIpc) is 3.09. The van der Waals surface area contributed by atoms with Crippen molar-refractivity contribution in [3.8, 4) is 11.5 Å². The van der Waals surface area contributed by atoms with Crippen LogP contribution in [-0.4, -0.2) is 24.3 Å². The number of halogens is 3. The molecule has 0 radical (unpaired) electrons. The molecule has 2 aliphatic carbocycles. The van der Waals surface area contributed by atoms with Crippen LogP contribution in [0.1, 0.15) is 56.0 Å². The number of phenols is 1. The number of phenolic OH excluding ortho intramolecular Hbond substituents is 1. The predicted molar refractivity (Wildman–Crippen MR) is 132 cm³/mol. The number of anilines is 1. The summed E-state index contributed by atoms with van der Waals surface area (Å²) in [5, 5.41) is 14.2. The summed E-state index contributed by atoms with van der Waals surface area (Å²) in [7, 11) is 1.49. The molecule has 0 amide bonds. The van der Waals surface area contributed by atoms with Crippen LogP contribution >= 0.6 is 34.8 Å². The van der Waals surface area contributed by atoms with Gasteiger partial charge < -0.3 is 19.9 Å². The van der Waals surface area contributed by atoms with Crippen molar-refractivity contribution in [2.45, 2.75) is 52.7 Å². The van der Waals surface area contributed by atoms with E-state index >= 15 is 0 Å². The van der Waals surface area contributed by atoms with Gasteiger partial charge in [-0.3, -0.25) is 0 Å². The van der Waals surface area contributed by atoms with Gasteiger partial charge in [0, 0.05) is 28.6 Å². The number of aromatic hydroxyl groups is 1. The fourth-order valence-electron chi connectivity index (χ4n) is 5.46. The number of nitrogens with one attached hydrogen (secondary N) is 1. The summed E-state index contributed by atoms with van der Waals surface area (Å²) in [6.45, 7) is 7.00. The minimum atomic E-state index is -0.436. The van der Waals surface area contributed by atoms with Crippen LogP contribution in [0.15, 0.2) is 24.3 Å². The third-order valence-corrected chi connectivity index (χ3v) is 8.87. The highest BCUT2D eigenvalue weighted by molar-refractivity contribution is 6.35. The van der Waals surface area contributed by atoms with E-state index in [1.807, 2.05) is 0 Å². The van der Waals surface area contributed by atoms with Crippen molar-refractivity contribution in [1.82, 2.24) is 0 Å². The second-order valence-electron chi connectivity index (χ2n) is 9.79. The fraction of sp³-hybridized carbons (Fsp3) is 0.480. The highest BCUT2D eigenvalue weighted by Crippen LogP contribution is 2.66. The molecule has 0 aliphatic heterocycles. The summed E-state index contributed by atoms with van der Waals surface area (Å²) in [4.78, 5) is 13.1. The Morgan fingerprint density at radius 1 is 1.15 bits per heavy atom. The first-order valence-electron chi connectivity index (χ1n) is 11.0. The lowest BCUT2D eigenvalue weighted by Gasteiger charge is -2.38. The van der Waals surface area contributed by atoms with Crippen molar-refractivity contribution in [2.24, 2.45) is 16.7 Å². The van der Waals surface area contributed by atoms with Crippen LogP contribution in [0.2, 0.25) is 15.1 Å². The predicted octanol–water partition coefficient (Wildman–Crippen LogP) is 7.34. The fourth-order valence-corrected chi connectivity index (χ4v) is 6.23. The maximum absolute atomic E-state index is 13.1. The minimum Gasteiger partial charge on any atom is -0.506 e. The first kappa shape index (κ1) is 24.3. The van der Waals surface area contributed by atoms with E-state index in [0.717, 1.165) is 12.8 Å². The molecule has 0 spiro atoms. The van der Waals surface area contributed by atoms with Crippen molar-refractivity contribution in [3.63, 3.8) is 0 Å². The van der Waals surface area contributed by atoms with Crippen LogP contribution in [0.4, 0.5) is 5.69 Å². The van der Waals surface area contributed by atoms with E-state index in [9.17, 15) is 9.90 Å². The van der Waals surface area contributed by atoms with Crippen LogP contribution in [0.25, 0.3) is 0 Å². The Bertz CT molecular complexity index is 1100. The zero-order valence-electron chi connectivity index (χ0n) is 19.1. The largest absolute Gasteiger partial charge is 0.506 e. The molecular formula is C25H28Cl3NO4. The molecule has 2 aromatic rings. The number of hydrogen-bond acceptors (Lipinski definition) is 5. The van der Waals surface area contributed by atoms with Crippen molar-refractivity contribution in [1.29, 1.82) is 0 Å². The Morgan fingerprint density at radius 3 is 2.48 bits per heavy atom. The molecule has 2 fully saturated rings. The number of hydrogen-bond donors (Lipinski definition) is 2. The lowest BCUT2D eigenvalue weighted by Crippen LogP contribution is -2.38. The Morgan fingerprint density at radius 2 is 1.88 bits per heavy atom. The number of carbonyl (C=O) groups excluding carboxylic acids is 1. The molecular weight excluding hydrogens is 485 g/mol. The maximum Gasteiger partial charge on any atom is 0.342 e. The van der Waals surface area contributed by atoms with Gasteiger partial charge in [0.05, 0.1) is 22.8 Å². The number of esters is 1. The topological polar surface area (TPSA) is 67.8 Å². The van der Waals surface area contributed by atoms with Gasteiger partial charge in [-0.1, -0.05) is 55.6 Å². The zero-order valence-corrected chi connectivity index (χ0v) is 21.4. The zero-order chi connectivity index (χ0) is 24.1. The molecule has 2 N–H and O–H groups in total. The second kappa shape index (κ2) is 8.75. The van der Waals surface area contributed by atoms with Crippen molar-refractivity contribution in [2.75, 3.05) is 12.4 Å². The number of fused-ring (bicyclic) bond motifs is 2. The smallest absolute Gasteiger partial charge is 0.342 e. The van der Waals surface area contributed by atoms with E-state index in [2.05, 4.69) is 26.1 Å². The third kappa shape index (κ3) is 4.13. The van der Waals surface area contributed by atoms with E-state index < -0.39 is 5.97 Å². The Balaban J connectivity index is 1.53. The molecule has 0 saturated heterocycles. The van der Waals surface area contributed by atoms with Gasteiger partial charge in [-0.25, -0.2) is 4.79 Å². The molecule has 3 unspecified atom stereocenters. The average molecular weight is 513 g/mol. The minimum absolute atomic E-state index is 0.0356. The lowest BCUT2D eigenvalue weighted by atomic mass is 9.70. The van der Waals surface area contributed by atoms with Gasteiger partial charge in [0.1, 0.15) is 23.2 Å². The van der Waals surface area contributed by atoms with Gasteiger partial charge in [-0.2, -0.15) is 0 Å². The van der Waals surface area contributed by atoms with Crippen LogP contribution in [0, 0.1) is 16.7 Å². The van der Waals surface area contributed by atoms with Crippen molar-refractivity contribution < 1.29 is 19.4 Å². The Kier molecular flexibility index (Phi) is 6.45. The molecule has 2 aromatic carbocycles. The van der Waals surface area contributed by atoms with Gasteiger partial charge in [-0.15, -0.1) is 0 Å². The van der Waals surface area contributed by atoms with Gasteiger partial charge in [0.15, 0.2) is 0 Å². The van der Waals surface area contributed by atoms with Crippen molar-refractivity contribution in [3.05, 3.63) is 50.5 Å². The van der Waals surface area contributed by atoms with Crippen LogP contribution in [0.3, 0.4) is 0 Å². The van der Waals surface area contributed by atoms with Gasteiger partial charge in [-0.05, 0) is 48.8 Å². The maximum atomic E-state index is 13.1. The van der Waals surface area contributed by atoms with E-state index in [1.165, 1.54) is 19.6 Å². The summed E-state index contributed by atoms with van der Waals surface area (Å²) in [5.41, 5.74) is 1.44. The summed E-state index contributed by atoms with van der Waals surface area (Å²) < 4.78 is 11.5. The van der Waals surface area contributed by atoms with Gasteiger partial charge in [0.25, 0.3) is 0 Å². The number of rotatable bonds is 6. The molecule has 0 aromatic heterocycles. The highest BCUT2D eigenvalue weighted by Gasteiger charge is 2.62.